The van der Waals surface area contributed by atoms with Gasteiger partial charge in [-0.2, -0.15) is 0 Å². The molecule has 17 heavy (non-hydrogen) atoms. The summed E-state index contributed by atoms with van der Waals surface area (Å²) >= 11 is 0. The van der Waals surface area contributed by atoms with Crippen LogP contribution in [-0.2, 0) is 19.1 Å². The Morgan fingerprint density at radius 1 is 1.35 bits per heavy atom. The van der Waals surface area contributed by atoms with Crippen LogP contribution in [0.4, 0.5) is 0 Å². The van der Waals surface area contributed by atoms with Crippen LogP contribution in [0.5, 0.6) is 0 Å². The SMILES string of the molecule is CC.CCC1O[C@H](C(C)(C)C)OC1=O.O=CO. The normalized spacial score (nSPS) is 22.6. The van der Waals surface area contributed by atoms with Gasteiger partial charge in [-0.15, -0.1) is 0 Å². The molecular formula is C12H24O5. The highest BCUT2D eigenvalue weighted by Gasteiger charge is 2.40. The molecule has 0 saturated carbocycles. The van der Waals surface area contributed by atoms with Gasteiger partial charge >= 0.3 is 5.97 Å². The van der Waals surface area contributed by atoms with Gasteiger partial charge in [-0.3, -0.25) is 4.79 Å². The molecule has 0 aliphatic carbocycles. The van der Waals surface area contributed by atoms with Crippen molar-refractivity contribution in [2.24, 2.45) is 5.41 Å². The molecule has 0 bridgehead atoms. The minimum absolute atomic E-state index is 0.125. The van der Waals surface area contributed by atoms with Gasteiger partial charge < -0.3 is 14.6 Å². The smallest absolute Gasteiger partial charge is 0.337 e. The summed E-state index contributed by atoms with van der Waals surface area (Å²) in [5, 5.41) is 6.89. The third-order valence-electron chi connectivity index (χ3n) is 1.85. The lowest BCUT2D eigenvalue weighted by molar-refractivity contribution is -0.154. The summed E-state index contributed by atoms with van der Waals surface area (Å²) in [6.07, 6.45) is -0.0463. The third kappa shape index (κ3) is 6.94. The molecule has 0 aromatic heterocycles. The van der Waals surface area contributed by atoms with Crippen LogP contribution in [0.1, 0.15) is 48.0 Å². The molecular weight excluding hydrogens is 224 g/mol. The Morgan fingerprint density at radius 3 is 1.94 bits per heavy atom. The summed E-state index contributed by atoms with van der Waals surface area (Å²) in [6.45, 7) is 11.6. The fraction of sp³-hybridized carbons (Fsp3) is 0.833. The Kier molecular flexibility index (Phi) is 9.66. The van der Waals surface area contributed by atoms with Crippen LogP contribution >= 0.6 is 0 Å². The van der Waals surface area contributed by atoms with Crippen molar-refractivity contribution in [1.82, 2.24) is 0 Å². The van der Waals surface area contributed by atoms with E-state index in [1.165, 1.54) is 0 Å². The van der Waals surface area contributed by atoms with Gasteiger partial charge in [0.1, 0.15) is 0 Å². The first-order valence-electron chi connectivity index (χ1n) is 5.80. The lowest BCUT2D eigenvalue weighted by Crippen LogP contribution is -2.27. The van der Waals surface area contributed by atoms with Crippen LogP contribution in [0.15, 0.2) is 0 Å². The average Bonchev–Trinajstić information content (AvgIpc) is 2.63. The monoisotopic (exact) mass is 248 g/mol. The fourth-order valence-electron chi connectivity index (χ4n) is 1.06. The lowest BCUT2D eigenvalue weighted by Gasteiger charge is -2.23. The van der Waals surface area contributed by atoms with Crippen LogP contribution in [-0.4, -0.2) is 29.9 Å². The van der Waals surface area contributed by atoms with Crippen LogP contribution in [0, 0.1) is 5.41 Å². The first-order chi connectivity index (χ1) is 7.86. The molecule has 1 unspecified atom stereocenters. The number of rotatable bonds is 1. The quantitative estimate of drug-likeness (QED) is 0.570. The highest BCUT2D eigenvalue weighted by molar-refractivity contribution is 5.76. The van der Waals surface area contributed by atoms with Crippen molar-refractivity contribution in [3.63, 3.8) is 0 Å². The highest BCUT2D eigenvalue weighted by Crippen LogP contribution is 2.30. The number of carbonyl (C=O) groups excluding carboxylic acids is 1. The largest absolute Gasteiger partial charge is 0.483 e. The second-order valence-corrected chi connectivity index (χ2v) is 4.27. The molecule has 1 rings (SSSR count). The van der Waals surface area contributed by atoms with Crippen molar-refractivity contribution in [3.8, 4) is 0 Å². The van der Waals surface area contributed by atoms with Gasteiger partial charge in [0.25, 0.3) is 6.47 Å². The van der Waals surface area contributed by atoms with E-state index in [1.807, 2.05) is 41.5 Å². The van der Waals surface area contributed by atoms with Crippen molar-refractivity contribution < 1.29 is 24.2 Å². The Labute approximate surface area is 103 Å². The minimum atomic E-state index is -0.380. The molecule has 0 aromatic carbocycles. The third-order valence-corrected chi connectivity index (χ3v) is 1.85. The average molecular weight is 248 g/mol. The zero-order valence-corrected chi connectivity index (χ0v) is 11.5. The van der Waals surface area contributed by atoms with Crippen LogP contribution < -0.4 is 0 Å². The van der Waals surface area contributed by atoms with E-state index in [1.54, 1.807) is 0 Å². The van der Waals surface area contributed by atoms with Crippen LogP contribution in [0.3, 0.4) is 0 Å². The molecule has 1 aliphatic heterocycles. The topological polar surface area (TPSA) is 72.8 Å². The summed E-state index contributed by atoms with van der Waals surface area (Å²) in [4.78, 5) is 19.5. The molecule has 5 nitrogen and oxygen atoms in total. The zero-order chi connectivity index (χ0) is 14.1. The second-order valence-electron chi connectivity index (χ2n) is 4.27. The van der Waals surface area contributed by atoms with Crippen LogP contribution in [0.25, 0.3) is 0 Å². The van der Waals surface area contributed by atoms with Crippen molar-refractivity contribution >= 4 is 12.4 Å². The van der Waals surface area contributed by atoms with E-state index in [0.717, 1.165) is 0 Å². The van der Waals surface area contributed by atoms with E-state index in [-0.39, 0.29) is 30.3 Å². The summed E-state index contributed by atoms with van der Waals surface area (Å²) in [6, 6.07) is 0. The first-order valence-corrected chi connectivity index (χ1v) is 5.80. The molecule has 0 spiro atoms. The number of hydrogen-bond donors (Lipinski definition) is 1. The number of carboxylic acid groups (broad SMARTS) is 1. The van der Waals surface area contributed by atoms with Gasteiger partial charge in [-0.25, -0.2) is 4.79 Å². The minimum Gasteiger partial charge on any atom is -0.483 e. The Bertz CT molecular complexity index is 219. The molecule has 0 aromatic rings. The molecule has 1 fully saturated rings. The maximum Gasteiger partial charge on any atom is 0.337 e. The summed E-state index contributed by atoms with van der Waals surface area (Å²) in [5.41, 5.74) is -0.125. The predicted octanol–water partition coefficient (Wildman–Crippen LogP) is 2.44. The number of esters is 1. The zero-order valence-electron chi connectivity index (χ0n) is 11.5. The number of ether oxygens (including phenoxy) is 2. The standard InChI is InChI=1S/C9H16O3.C2H6.CH2O2/c1-5-6-7(10)12-8(11-6)9(2,3)4;1-2;2-1-3/h6,8H,5H2,1-4H3;1-2H3;1H,(H,2,3)/t6?,8-;;/m0../s1. The van der Waals surface area contributed by atoms with E-state index in [9.17, 15) is 4.79 Å². The van der Waals surface area contributed by atoms with E-state index in [0.29, 0.717) is 6.42 Å². The van der Waals surface area contributed by atoms with Gasteiger partial charge in [0, 0.05) is 5.41 Å². The summed E-state index contributed by atoms with van der Waals surface area (Å²) < 4.78 is 10.5. The summed E-state index contributed by atoms with van der Waals surface area (Å²) in [7, 11) is 0. The van der Waals surface area contributed by atoms with E-state index in [2.05, 4.69) is 0 Å². The molecule has 1 N–H and O–H groups in total. The van der Waals surface area contributed by atoms with Gasteiger partial charge in [0.05, 0.1) is 0 Å². The van der Waals surface area contributed by atoms with Crippen molar-refractivity contribution in [2.45, 2.75) is 60.4 Å². The first kappa shape index (κ1) is 18.3. The van der Waals surface area contributed by atoms with Crippen molar-refractivity contribution in [1.29, 1.82) is 0 Å². The Morgan fingerprint density at radius 2 is 1.76 bits per heavy atom. The van der Waals surface area contributed by atoms with Crippen molar-refractivity contribution in [2.75, 3.05) is 0 Å². The number of cyclic esters (lactones) is 1. The van der Waals surface area contributed by atoms with Gasteiger partial charge in [0.2, 0.25) is 6.29 Å². The molecule has 0 amide bonds. The van der Waals surface area contributed by atoms with Crippen LogP contribution in [0.2, 0.25) is 0 Å². The van der Waals surface area contributed by atoms with E-state index >= 15 is 0 Å². The molecule has 1 aliphatic rings. The lowest BCUT2D eigenvalue weighted by atomic mass is 9.96. The maximum atomic E-state index is 11.1. The predicted molar refractivity (Wildman–Crippen MR) is 64.5 cm³/mol. The molecule has 102 valence electrons. The van der Waals surface area contributed by atoms with E-state index in [4.69, 9.17) is 19.4 Å². The number of hydrogen-bond acceptors (Lipinski definition) is 4. The Hall–Kier alpha value is -1.10. The van der Waals surface area contributed by atoms with E-state index < -0.39 is 0 Å². The van der Waals surface area contributed by atoms with Gasteiger partial charge in [0.15, 0.2) is 6.10 Å². The van der Waals surface area contributed by atoms with Gasteiger partial charge in [-0.1, -0.05) is 41.5 Å². The molecule has 1 heterocycles. The Balaban J connectivity index is 0. The highest BCUT2D eigenvalue weighted by atomic mass is 16.8. The maximum absolute atomic E-state index is 11.1. The van der Waals surface area contributed by atoms with Gasteiger partial charge in [-0.05, 0) is 6.42 Å². The number of carbonyl (C=O) groups is 2. The molecule has 1 saturated heterocycles. The molecule has 5 heteroatoms. The van der Waals surface area contributed by atoms with Crippen molar-refractivity contribution in [3.05, 3.63) is 0 Å². The fourth-order valence-corrected chi connectivity index (χ4v) is 1.06. The summed E-state index contributed by atoms with van der Waals surface area (Å²) in [5.74, 6) is -0.225. The molecule has 0 radical (unpaired) electrons. The molecule has 2 atom stereocenters. The second kappa shape index (κ2) is 8.98.